The maximum absolute atomic E-state index is 12.9. The molecule has 23 heavy (non-hydrogen) atoms. The zero-order valence-corrected chi connectivity index (χ0v) is 14.6. The van der Waals surface area contributed by atoms with Gasteiger partial charge in [-0.3, -0.25) is 4.79 Å². The molecule has 1 saturated heterocycles. The lowest BCUT2D eigenvalue weighted by Crippen LogP contribution is -2.48. The third-order valence-corrected chi connectivity index (χ3v) is 6.79. The van der Waals surface area contributed by atoms with Gasteiger partial charge in [0.2, 0.25) is 15.9 Å². The minimum atomic E-state index is -3.52. The van der Waals surface area contributed by atoms with Crippen LogP contribution < -0.4 is 5.32 Å². The van der Waals surface area contributed by atoms with Gasteiger partial charge in [0.25, 0.3) is 0 Å². The van der Waals surface area contributed by atoms with E-state index in [1.807, 2.05) is 13.8 Å². The summed E-state index contributed by atoms with van der Waals surface area (Å²) in [6.07, 6.45) is 0. The topological polar surface area (TPSA) is 69.7 Å². The molecule has 2 heterocycles. The number of hydrogen-bond donors (Lipinski definition) is 1. The predicted molar refractivity (Wildman–Crippen MR) is 89.0 cm³/mol. The van der Waals surface area contributed by atoms with Crippen molar-refractivity contribution in [2.45, 2.75) is 31.1 Å². The van der Waals surface area contributed by atoms with Gasteiger partial charge in [-0.15, -0.1) is 0 Å². The molecule has 0 aromatic heterocycles. The number of carbonyl (C=O) groups excluding carboxylic acids is 1. The Balaban J connectivity index is 1.91. The summed E-state index contributed by atoms with van der Waals surface area (Å²) < 4.78 is 27.3. The van der Waals surface area contributed by atoms with Crippen molar-refractivity contribution in [2.75, 3.05) is 38.0 Å². The Kier molecular flexibility index (Phi) is 3.98. The molecule has 0 radical (unpaired) electrons. The summed E-state index contributed by atoms with van der Waals surface area (Å²) in [7, 11) is -3.52. The van der Waals surface area contributed by atoms with Crippen LogP contribution in [0.2, 0.25) is 0 Å². The normalized spacial score (nSPS) is 22.0. The third kappa shape index (κ3) is 2.66. The first-order valence-corrected chi connectivity index (χ1v) is 9.39. The first-order valence-electron chi connectivity index (χ1n) is 7.95. The first-order chi connectivity index (χ1) is 10.8. The predicted octanol–water partition coefficient (Wildman–Crippen LogP) is 1.24. The number of rotatable bonds is 3. The summed E-state index contributed by atoms with van der Waals surface area (Å²) in [6, 6.07) is 4.92. The van der Waals surface area contributed by atoms with E-state index in [0.717, 1.165) is 25.2 Å². The Morgan fingerprint density at radius 1 is 1.17 bits per heavy atom. The van der Waals surface area contributed by atoms with E-state index in [1.165, 1.54) is 4.31 Å². The highest BCUT2D eigenvalue weighted by molar-refractivity contribution is 7.89. The van der Waals surface area contributed by atoms with Crippen LogP contribution in [0.4, 0.5) is 5.69 Å². The molecule has 3 rings (SSSR count). The maximum atomic E-state index is 12.9. The molecular weight excluding hydrogens is 314 g/mol. The molecule has 0 bridgehead atoms. The Bertz CT molecular complexity index is 735. The fraction of sp³-hybridized carbons (Fsp3) is 0.562. The zero-order valence-electron chi connectivity index (χ0n) is 13.8. The number of hydrogen-bond acceptors (Lipinski definition) is 4. The quantitative estimate of drug-likeness (QED) is 0.901. The Morgan fingerprint density at radius 3 is 2.43 bits per heavy atom. The lowest BCUT2D eigenvalue weighted by molar-refractivity contribution is -0.119. The van der Waals surface area contributed by atoms with Crippen molar-refractivity contribution in [3.63, 3.8) is 0 Å². The molecule has 1 aromatic rings. The lowest BCUT2D eigenvalue weighted by Gasteiger charge is -2.33. The number of nitrogens with zero attached hydrogens (tertiary/aromatic N) is 2. The van der Waals surface area contributed by atoms with Crippen molar-refractivity contribution in [3.8, 4) is 0 Å². The van der Waals surface area contributed by atoms with Gasteiger partial charge in [0, 0.05) is 31.9 Å². The average molecular weight is 337 g/mol. The van der Waals surface area contributed by atoms with Crippen LogP contribution in [-0.4, -0.2) is 56.3 Å². The van der Waals surface area contributed by atoms with Gasteiger partial charge in [-0.1, -0.05) is 6.92 Å². The van der Waals surface area contributed by atoms with Crippen molar-refractivity contribution in [1.29, 1.82) is 0 Å². The van der Waals surface area contributed by atoms with E-state index >= 15 is 0 Å². The standard InChI is InChI=1S/C16H23N3O3S/c1-4-18-7-9-19(10-8-18)23(21,22)12-5-6-14-13(11-12)16(2,3)15(20)17-14/h5-6,11H,4,7-10H2,1-3H3,(H,17,20). The number of fused-ring (bicyclic) bond motifs is 1. The second-order valence-electron chi connectivity index (χ2n) is 6.62. The third-order valence-electron chi connectivity index (χ3n) is 4.90. The lowest BCUT2D eigenvalue weighted by atomic mass is 9.86. The Morgan fingerprint density at radius 2 is 1.83 bits per heavy atom. The Hall–Kier alpha value is -1.44. The van der Waals surface area contributed by atoms with Gasteiger partial charge in [-0.05, 0) is 44.2 Å². The molecule has 0 saturated carbocycles. The molecule has 0 unspecified atom stereocenters. The number of benzene rings is 1. The molecule has 2 aliphatic rings. The number of sulfonamides is 1. The first kappa shape index (κ1) is 16.4. The molecule has 1 N–H and O–H groups in total. The second-order valence-corrected chi connectivity index (χ2v) is 8.56. The monoisotopic (exact) mass is 337 g/mol. The molecule has 126 valence electrons. The van der Waals surface area contributed by atoms with E-state index in [9.17, 15) is 13.2 Å². The highest BCUT2D eigenvalue weighted by Gasteiger charge is 2.39. The fourth-order valence-electron chi connectivity index (χ4n) is 3.15. The minimum Gasteiger partial charge on any atom is -0.325 e. The van der Waals surface area contributed by atoms with E-state index in [1.54, 1.807) is 18.2 Å². The summed E-state index contributed by atoms with van der Waals surface area (Å²) >= 11 is 0. The van der Waals surface area contributed by atoms with Gasteiger partial charge >= 0.3 is 0 Å². The molecule has 1 aromatic carbocycles. The van der Waals surface area contributed by atoms with Crippen molar-refractivity contribution in [1.82, 2.24) is 9.21 Å². The molecule has 0 spiro atoms. The van der Waals surface area contributed by atoms with E-state index < -0.39 is 15.4 Å². The van der Waals surface area contributed by atoms with E-state index in [4.69, 9.17) is 0 Å². The number of nitrogens with one attached hydrogen (secondary N) is 1. The SMILES string of the molecule is CCN1CCN(S(=O)(=O)c2ccc3c(c2)C(C)(C)C(=O)N3)CC1. The Labute approximate surface area is 137 Å². The van der Waals surface area contributed by atoms with Gasteiger partial charge < -0.3 is 10.2 Å². The highest BCUT2D eigenvalue weighted by atomic mass is 32.2. The molecule has 7 heteroatoms. The molecule has 0 atom stereocenters. The summed E-state index contributed by atoms with van der Waals surface area (Å²) in [6.45, 7) is 9.17. The summed E-state index contributed by atoms with van der Waals surface area (Å²) in [4.78, 5) is 14.5. The second kappa shape index (κ2) is 5.58. The molecule has 1 amide bonds. The van der Waals surface area contributed by atoms with Gasteiger partial charge in [0.15, 0.2) is 0 Å². The molecule has 0 aliphatic carbocycles. The highest BCUT2D eigenvalue weighted by Crippen LogP contribution is 2.38. The number of anilines is 1. The maximum Gasteiger partial charge on any atom is 0.243 e. The van der Waals surface area contributed by atoms with E-state index in [-0.39, 0.29) is 10.8 Å². The molecule has 1 fully saturated rings. The fourth-order valence-corrected chi connectivity index (χ4v) is 4.59. The van der Waals surface area contributed by atoms with Gasteiger partial charge in [-0.25, -0.2) is 8.42 Å². The van der Waals surface area contributed by atoms with Gasteiger partial charge in [0.05, 0.1) is 10.3 Å². The molecule has 6 nitrogen and oxygen atoms in total. The summed E-state index contributed by atoms with van der Waals surface area (Å²) in [5.74, 6) is -0.0985. The largest absolute Gasteiger partial charge is 0.325 e. The molecule has 2 aliphatic heterocycles. The van der Waals surface area contributed by atoms with Gasteiger partial charge in [0.1, 0.15) is 0 Å². The van der Waals surface area contributed by atoms with Crippen LogP contribution in [0.25, 0.3) is 0 Å². The van der Waals surface area contributed by atoms with Crippen LogP contribution >= 0.6 is 0 Å². The van der Waals surface area contributed by atoms with Gasteiger partial charge in [-0.2, -0.15) is 4.31 Å². The summed E-state index contributed by atoms with van der Waals surface area (Å²) in [5.41, 5.74) is 0.743. The van der Waals surface area contributed by atoms with Crippen LogP contribution in [0.5, 0.6) is 0 Å². The van der Waals surface area contributed by atoms with Crippen LogP contribution in [0.3, 0.4) is 0 Å². The van der Waals surface area contributed by atoms with Crippen LogP contribution in [0, 0.1) is 0 Å². The average Bonchev–Trinajstić information content (AvgIpc) is 2.77. The van der Waals surface area contributed by atoms with Crippen molar-refractivity contribution < 1.29 is 13.2 Å². The van der Waals surface area contributed by atoms with Crippen LogP contribution in [-0.2, 0) is 20.2 Å². The van der Waals surface area contributed by atoms with Crippen LogP contribution in [0.15, 0.2) is 23.1 Å². The van der Waals surface area contributed by atoms with Crippen molar-refractivity contribution >= 4 is 21.6 Å². The number of carbonyl (C=O) groups is 1. The molecular formula is C16H23N3O3S. The smallest absolute Gasteiger partial charge is 0.243 e. The zero-order chi connectivity index (χ0) is 16.8. The number of amides is 1. The van der Waals surface area contributed by atoms with E-state index in [0.29, 0.717) is 18.8 Å². The van der Waals surface area contributed by atoms with Crippen molar-refractivity contribution in [2.24, 2.45) is 0 Å². The van der Waals surface area contributed by atoms with E-state index in [2.05, 4.69) is 17.1 Å². The minimum absolute atomic E-state index is 0.0985. The number of likely N-dealkylation sites (N-methyl/N-ethyl adjacent to an activating group) is 1. The van der Waals surface area contributed by atoms with Crippen molar-refractivity contribution in [3.05, 3.63) is 23.8 Å². The summed E-state index contributed by atoms with van der Waals surface area (Å²) in [5, 5.41) is 2.81. The van der Waals surface area contributed by atoms with Crippen LogP contribution in [0.1, 0.15) is 26.3 Å². The number of piperazine rings is 1.